The van der Waals surface area contributed by atoms with E-state index in [0.29, 0.717) is 5.00 Å². The van der Waals surface area contributed by atoms with Crippen LogP contribution < -0.4 is 5.32 Å². The van der Waals surface area contributed by atoms with Crippen LogP contribution in [0.3, 0.4) is 0 Å². The Morgan fingerprint density at radius 2 is 1.70 bits per heavy atom. The van der Waals surface area contributed by atoms with Crippen LogP contribution in [0, 0.1) is 0 Å². The van der Waals surface area contributed by atoms with Gasteiger partial charge in [-0.15, -0.1) is 11.3 Å². The predicted molar refractivity (Wildman–Crippen MR) is 113 cm³/mol. The van der Waals surface area contributed by atoms with Crippen molar-refractivity contribution < 1.29 is 32.3 Å². The van der Waals surface area contributed by atoms with E-state index < -0.39 is 34.3 Å². The van der Waals surface area contributed by atoms with Crippen molar-refractivity contribution in [2.24, 2.45) is 0 Å². The third-order valence-electron chi connectivity index (χ3n) is 3.92. The van der Waals surface area contributed by atoms with Gasteiger partial charge in [0.2, 0.25) is 0 Å². The van der Waals surface area contributed by atoms with Crippen molar-refractivity contribution in [1.82, 2.24) is 0 Å². The van der Waals surface area contributed by atoms with E-state index in [1.165, 1.54) is 35.6 Å². The van der Waals surface area contributed by atoms with Crippen molar-refractivity contribution in [1.29, 1.82) is 0 Å². The van der Waals surface area contributed by atoms with E-state index in [2.05, 4.69) is 5.32 Å². The maximum Gasteiger partial charge on any atom is 0.341 e. The molecule has 0 spiro atoms. The molecule has 2 rings (SSSR count). The van der Waals surface area contributed by atoms with Crippen molar-refractivity contribution in [2.75, 3.05) is 24.8 Å². The predicted octanol–water partition coefficient (Wildman–Crippen LogP) is 3.25. The number of carbonyl (C=O) groups is 3. The van der Waals surface area contributed by atoms with Crippen molar-refractivity contribution in [3.8, 4) is 0 Å². The molecule has 30 heavy (non-hydrogen) atoms. The highest BCUT2D eigenvalue weighted by molar-refractivity contribution is 7.90. The molecule has 1 aromatic heterocycles. The highest BCUT2D eigenvalue weighted by atomic mass is 32.2. The summed E-state index contributed by atoms with van der Waals surface area (Å²) < 4.78 is 32.9. The topological polar surface area (TPSA) is 116 Å². The minimum Gasteiger partial charge on any atom is -0.462 e. The van der Waals surface area contributed by atoms with Gasteiger partial charge >= 0.3 is 11.9 Å². The molecule has 0 saturated heterocycles. The minimum absolute atomic E-state index is 0.0712. The van der Waals surface area contributed by atoms with Crippen LogP contribution in [0.1, 0.15) is 52.3 Å². The van der Waals surface area contributed by atoms with Crippen LogP contribution in [0.25, 0.3) is 0 Å². The average Bonchev–Trinajstić information content (AvgIpc) is 3.10. The monoisotopic (exact) mass is 453 g/mol. The first kappa shape index (κ1) is 23.6. The standard InChI is InChI=1S/C20H23NO7S2/c1-5-27-20(24)15-10-16(12(2)3)29-18(15)21-17(22)11-28-19(23)13-6-8-14(9-7-13)30(4,25)26/h6-10,12H,5,11H2,1-4H3,(H,21,22). The summed E-state index contributed by atoms with van der Waals surface area (Å²) in [4.78, 5) is 37.4. The molecule has 0 fully saturated rings. The lowest BCUT2D eigenvalue weighted by molar-refractivity contribution is -0.119. The first-order chi connectivity index (χ1) is 14.0. The summed E-state index contributed by atoms with van der Waals surface area (Å²) in [5, 5.41) is 2.91. The van der Waals surface area contributed by atoms with Crippen molar-refractivity contribution >= 4 is 44.0 Å². The van der Waals surface area contributed by atoms with Gasteiger partial charge in [0, 0.05) is 11.1 Å². The summed E-state index contributed by atoms with van der Waals surface area (Å²) in [6.45, 7) is 5.25. The quantitative estimate of drug-likeness (QED) is 0.610. The van der Waals surface area contributed by atoms with Gasteiger partial charge in [-0.25, -0.2) is 18.0 Å². The van der Waals surface area contributed by atoms with Crippen LogP contribution in [0.15, 0.2) is 35.2 Å². The molecular weight excluding hydrogens is 430 g/mol. The molecule has 0 aliphatic rings. The van der Waals surface area contributed by atoms with E-state index in [1.807, 2.05) is 13.8 Å². The van der Waals surface area contributed by atoms with Gasteiger partial charge in [-0.2, -0.15) is 0 Å². The molecule has 1 heterocycles. The molecule has 2 aromatic rings. The third-order valence-corrected chi connectivity index (χ3v) is 6.40. The summed E-state index contributed by atoms with van der Waals surface area (Å²) in [5.41, 5.74) is 0.363. The molecule has 0 radical (unpaired) electrons. The SMILES string of the molecule is CCOC(=O)c1cc(C(C)C)sc1NC(=O)COC(=O)c1ccc(S(C)(=O)=O)cc1. The number of hydrogen-bond donors (Lipinski definition) is 1. The number of nitrogens with one attached hydrogen (secondary N) is 1. The molecule has 0 atom stereocenters. The van der Waals surface area contributed by atoms with Crippen LogP contribution >= 0.6 is 11.3 Å². The molecule has 1 amide bonds. The molecule has 162 valence electrons. The number of sulfone groups is 1. The first-order valence-corrected chi connectivity index (χ1v) is 11.8. The Bertz CT molecular complexity index is 1040. The van der Waals surface area contributed by atoms with Crippen molar-refractivity contribution in [3.05, 3.63) is 46.3 Å². The second kappa shape index (κ2) is 9.86. The Morgan fingerprint density at radius 1 is 1.07 bits per heavy atom. The Kier molecular flexibility index (Phi) is 7.74. The lowest BCUT2D eigenvalue weighted by Crippen LogP contribution is -2.21. The van der Waals surface area contributed by atoms with E-state index >= 15 is 0 Å². The second-order valence-electron chi connectivity index (χ2n) is 6.69. The number of amides is 1. The van der Waals surface area contributed by atoms with Gasteiger partial charge < -0.3 is 14.8 Å². The zero-order valence-corrected chi connectivity index (χ0v) is 18.7. The fourth-order valence-corrected chi connectivity index (χ4v) is 4.06. The van der Waals surface area contributed by atoms with Crippen molar-refractivity contribution in [3.63, 3.8) is 0 Å². The number of thiophene rings is 1. The number of benzene rings is 1. The zero-order valence-electron chi connectivity index (χ0n) is 17.1. The highest BCUT2D eigenvalue weighted by Gasteiger charge is 2.21. The largest absolute Gasteiger partial charge is 0.462 e. The van der Waals surface area contributed by atoms with E-state index in [1.54, 1.807) is 13.0 Å². The summed E-state index contributed by atoms with van der Waals surface area (Å²) in [7, 11) is -3.38. The molecule has 0 saturated carbocycles. The summed E-state index contributed by atoms with van der Waals surface area (Å²) >= 11 is 1.25. The van der Waals surface area contributed by atoms with Gasteiger partial charge in [0.1, 0.15) is 5.00 Å². The second-order valence-corrected chi connectivity index (χ2v) is 9.79. The Balaban J connectivity index is 2.03. The van der Waals surface area contributed by atoms with Gasteiger partial charge in [-0.3, -0.25) is 4.79 Å². The average molecular weight is 454 g/mol. The molecule has 0 unspecified atom stereocenters. The lowest BCUT2D eigenvalue weighted by Gasteiger charge is -2.07. The fourth-order valence-electron chi connectivity index (χ4n) is 2.36. The minimum atomic E-state index is -3.38. The van der Waals surface area contributed by atoms with Gasteiger partial charge in [-0.1, -0.05) is 13.8 Å². The van der Waals surface area contributed by atoms with Gasteiger partial charge in [-0.05, 0) is 43.2 Å². The molecular formula is C20H23NO7S2. The summed E-state index contributed by atoms with van der Waals surface area (Å²) in [6, 6.07) is 6.87. The molecule has 0 aliphatic heterocycles. The fraction of sp³-hybridized carbons (Fsp3) is 0.350. The maximum atomic E-state index is 12.2. The first-order valence-electron chi connectivity index (χ1n) is 9.10. The number of ether oxygens (including phenoxy) is 2. The van der Waals surface area contributed by atoms with E-state index in [0.717, 1.165) is 11.1 Å². The molecule has 1 aromatic carbocycles. The molecule has 0 aliphatic carbocycles. The van der Waals surface area contributed by atoms with E-state index in [-0.39, 0.29) is 28.5 Å². The van der Waals surface area contributed by atoms with Gasteiger partial charge in [0.15, 0.2) is 16.4 Å². The molecule has 1 N–H and O–H groups in total. The zero-order chi connectivity index (χ0) is 22.5. The van der Waals surface area contributed by atoms with Crippen LogP contribution in [0.4, 0.5) is 5.00 Å². The normalized spacial score (nSPS) is 11.2. The van der Waals surface area contributed by atoms with Crippen LogP contribution in [-0.2, 0) is 24.1 Å². The lowest BCUT2D eigenvalue weighted by atomic mass is 10.1. The number of rotatable bonds is 8. The van der Waals surface area contributed by atoms with Crippen LogP contribution in [-0.4, -0.2) is 45.7 Å². The molecule has 10 heteroatoms. The number of carbonyl (C=O) groups excluding carboxylic acids is 3. The van der Waals surface area contributed by atoms with Crippen LogP contribution in [0.2, 0.25) is 0 Å². The summed E-state index contributed by atoms with van der Waals surface area (Å²) in [5.74, 6) is -1.77. The Morgan fingerprint density at radius 3 is 2.23 bits per heavy atom. The van der Waals surface area contributed by atoms with E-state index in [9.17, 15) is 22.8 Å². The smallest absolute Gasteiger partial charge is 0.341 e. The van der Waals surface area contributed by atoms with E-state index in [4.69, 9.17) is 9.47 Å². The number of hydrogen-bond acceptors (Lipinski definition) is 8. The molecule has 8 nitrogen and oxygen atoms in total. The highest BCUT2D eigenvalue weighted by Crippen LogP contribution is 2.33. The summed E-state index contributed by atoms with van der Waals surface area (Å²) in [6.07, 6.45) is 1.06. The maximum absolute atomic E-state index is 12.2. The van der Waals surface area contributed by atoms with Crippen molar-refractivity contribution in [2.45, 2.75) is 31.6 Å². The number of esters is 2. The number of anilines is 1. The Hall–Kier alpha value is -2.72. The Labute approximate surface area is 179 Å². The van der Waals surface area contributed by atoms with Crippen LogP contribution in [0.5, 0.6) is 0 Å². The van der Waals surface area contributed by atoms with Gasteiger partial charge in [0.05, 0.1) is 22.6 Å². The third kappa shape index (κ3) is 6.14. The van der Waals surface area contributed by atoms with Gasteiger partial charge in [0.25, 0.3) is 5.91 Å². The molecule has 0 bridgehead atoms.